The third-order valence-electron chi connectivity index (χ3n) is 3.91. The molecular formula is C21H25NO5. The molecule has 2 rings (SSSR count). The molecule has 27 heavy (non-hydrogen) atoms. The van der Waals surface area contributed by atoms with Crippen LogP contribution in [-0.4, -0.2) is 36.7 Å². The van der Waals surface area contributed by atoms with Crippen LogP contribution in [0.25, 0.3) is 0 Å². The molecule has 0 aromatic heterocycles. The van der Waals surface area contributed by atoms with Gasteiger partial charge in [-0.25, -0.2) is 4.79 Å². The van der Waals surface area contributed by atoms with Crippen molar-refractivity contribution < 1.29 is 24.2 Å². The van der Waals surface area contributed by atoms with Gasteiger partial charge >= 0.3 is 5.97 Å². The first-order chi connectivity index (χ1) is 13.0. The molecule has 0 saturated heterocycles. The van der Waals surface area contributed by atoms with Crippen molar-refractivity contribution in [2.75, 3.05) is 19.8 Å². The van der Waals surface area contributed by atoms with E-state index in [1.807, 2.05) is 32.0 Å². The first kappa shape index (κ1) is 20.3. The fourth-order valence-electron chi connectivity index (χ4n) is 2.61. The van der Waals surface area contributed by atoms with Crippen LogP contribution in [-0.2, 0) is 17.6 Å². The van der Waals surface area contributed by atoms with Gasteiger partial charge in [0, 0.05) is 6.54 Å². The lowest BCUT2D eigenvalue weighted by Gasteiger charge is -2.12. The van der Waals surface area contributed by atoms with Crippen LogP contribution in [0.3, 0.4) is 0 Å². The fourth-order valence-corrected chi connectivity index (χ4v) is 2.61. The first-order valence-electron chi connectivity index (χ1n) is 9.01. The molecule has 2 aromatic rings. The van der Waals surface area contributed by atoms with Gasteiger partial charge in [0.15, 0.2) is 11.5 Å². The average molecular weight is 371 g/mol. The summed E-state index contributed by atoms with van der Waals surface area (Å²) in [6.45, 7) is 5.48. The smallest absolute Gasteiger partial charge is 0.335 e. The third-order valence-corrected chi connectivity index (χ3v) is 3.91. The number of amides is 1. The normalized spacial score (nSPS) is 10.3. The molecule has 0 spiro atoms. The highest BCUT2D eigenvalue weighted by Gasteiger charge is 2.08. The van der Waals surface area contributed by atoms with E-state index in [2.05, 4.69) is 5.32 Å². The standard InChI is InChI=1S/C21H25NO5/c1-3-26-18-10-7-16(13-19(18)27-4-2)11-12-22-20(23)14-15-5-8-17(9-6-15)21(24)25/h5-10,13H,3-4,11-12,14H2,1-2H3,(H,22,23)(H,24,25). The van der Waals surface area contributed by atoms with Gasteiger partial charge < -0.3 is 19.9 Å². The minimum atomic E-state index is -0.979. The third kappa shape index (κ3) is 6.33. The van der Waals surface area contributed by atoms with Gasteiger partial charge in [-0.1, -0.05) is 18.2 Å². The van der Waals surface area contributed by atoms with Crippen LogP contribution in [0.2, 0.25) is 0 Å². The zero-order valence-electron chi connectivity index (χ0n) is 15.7. The topological polar surface area (TPSA) is 84.9 Å². The number of hydrogen-bond acceptors (Lipinski definition) is 4. The molecule has 1 amide bonds. The van der Waals surface area contributed by atoms with Gasteiger partial charge in [0.2, 0.25) is 5.91 Å². The lowest BCUT2D eigenvalue weighted by atomic mass is 10.1. The summed E-state index contributed by atoms with van der Waals surface area (Å²) in [6.07, 6.45) is 0.892. The molecule has 2 aromatic carbocycles. The molecule has 0 aliphatic carbocycles. The molecule has 0 unspecified atom stereocenters. The molecule has 0 radical (unpaired) electrons. The zero-order valence-corrected chi connectivity index (χ0v) is 15.7. The highest BCUT2D eigenvalue weighted by atomic mass is 16.5. The molecule has 0 heterocycles. The molecule has 0 saturated carbocycles. The molecule has 0 bridgehead atoms. The van der Waals surface area contributed by atoms with Crippen molar-refractivity contribution in [2.24, 2.45) is 0 Å². The summed E-state index contributed by atoms with van der Waals surface area (Å²) in [4.78, 5) is 22.9. The number of carbonyl (C=O) groups excluding carboxylic acids is 1. The Labute approximate surface area is 159 Å². The predicted molar refractivity (Wildman–Crippen MR) is 103 cm³/mol. The number of rotatable bonds is 10. The Morgan fingerprint density at radius 3 is 2.19 bits per heavy atom. The summed E-state index contributed by atoms with van der Waals surface area (Å²) in [5.74, 6) is 0.348. The monoisotopic (exact) mass is 371 g/mol. The maximum absolute atomic E-state index is 12.1. The fraction of sp³-hybridized carbons (Fsp3) is 0.333. The minimum Gasteiger partial charge on any atom is -0.490 e. The summed E-state index contributed by atoms with van der Waals surface area (Å²) in [5, 5.41) is 11.8. The van der Waals surface area contributed by atoms with Crippen LogP contribution >= 0.6 is 0 Å². The molecule has 2 N–H and O–H groups in total. The zero-order chi connectivity index (χ0) is 19.6. The van der Waals surface area contributed by atoms with Crippen molar-refractivity contribution in [3.63, 3.8) is 0 Å². The van der Waals surface area contributed by atoms with Crippen LogP contribution in [0.5, 0.6) is 11.5 Å². The second kappa shape index (κ2) is 10.2. The number of carboxylic acid groups (broad SMARTS) is 1. The van der Waals surface area contributed by atoms with Gasteiger partial charge in [-0.05, 0) is 55.7 Å². The second-order valence-corrected chi connectivity index (χ2v) is 5.93. The number of aromatic carboxylic acids is 1. The molecule has 0 atom stereocenters. The Hall–Kier alpha value is -3.02. The number of hydrogen-bond donors (Lipinski definition) is 2. The Morgan fingerprint density at radius 1 is 0.926 bits per heavy atom. The van der Waals surface area contributed by atoms with E-state index in [1.165, 1.54) is 12.1 Å². The minimum absolute atomic E-state index is 0.103. The predicted octanol–water partition coefficient (Wildman–Crippen LogP) is 3.08. The van der Waals surface area contributed by atoms with Crippen LogP contribution in [0.15, 0.2) is 42.5 Å². The lowest BCUT2D eigenvalue weighted by molar-refractivity contribution is -0.120. The van der Waals surface area contributed by atoms with E-state index >= 15 is 0 Å². The van der Waals surface area contributed by atoms with Crippen LogP contribution in [0, 0.1) is 0 Å². The molecular weight excluding hydrogens is 346 g/mol. The van der Waals surface area contributed by atoms with Crippen molar-refractivity contribution in [3.05, 3.63) is 59.2 Å². The highest BCUT2D eigenvalue weighted by Crippen LogP contribution is 2.28. The Bertz CT molecular complexity index is 771. The van der Waals surface area contributed by atoms with Crippen LogP contribution in [0.1, 0.15) is 35.3 Å². The van der Waals surface area contributed by atoms with Crippen LogP contribution < -0.4 is 14.8 Å². The van der Waals surface area contributed by atoms with Gasteiger partial charge in [-0.3, -0.25) is 4.79 Å². The quantitative estimate of drug-likeness (QED) is 0.670. The second-order valence-electron chi connectivity index (χ2n) is 5.93. The molecule has 6 heteroatoms. The van der Waals surface area contributed by atoms with Crippen molar-refractivity contribution in [2.45, 2.75) is 26.7 Å². The van der Waals surface area contributed by atoms with E-state index in [4.69, 9.17) is 14.6 Å². The van der Waals surface area contributed by atoms with Gasteiger partial charge in [0.1, 0.15) is 0 Å². The maximum atomic E-state index is 12.1. The Morgan fingerprint density at radius 2 is 1.56 bits per heavy atom. The highest BCUT2D eigenvalue weighted by molar-refractivity contribution is 5.87. The number of benzene rings is 2. The summed E-state index contributed by atoms with van der Waals surface area (Å²) < 4.78 is 11.2. The molecule has 144 valence electrons. The first-order valence-corrected chi connectivity index (χ1v) is 9.01. The van der Waals surface area contributed by atoms with E-state index in [0.29, 0.717) is 31.9 Å². The Balaban J connectivity index is 1.85. The SMILES string of the molecule is CCOc1ccc(CCNC(=O)Cc2ccc(C(=O)O)cc2)cc1OCC. The summed E-state index contributed by atoms with van der Waals surface area (Å²) in [7, 11) is 0. The van der Waals surface area contributed by atoms with Crippen molar-refractivity contribution in [1.29, 1.82) is 0 Å². The lowest BCUT2D eigenvalue weighted by Crippen LogP contribution is -2.27. The molecule has 0 aliphatic heterocycles. The molecule has 0 fully saturated rings. The van der Waals surface area contributed by atoms with Crippen LogP contribution in [0.4, 0.5) is 0 Å². The van der Waals surface area contributed by atoms with E-state index in [1.54, 1.807) is 12.1 Å². The number of nitrogens with one attached hydrogen (secondary N) is 1. The van der Waals surface area contributed by atoms with Crippen molar-refractivity contribution >= 4 is 11.9 Å². The number of carbonyl (C=O) groups is 2. The van der Waals surface area contributed by atoms with Gasteiger partial charge in [-0.2, -0.15) is 0 Å². The van der Waals surface area contributed by atoms with E-state index in [0.717, 1.165) is 16.9 Å². The molecule has 6 nitrogen and oxygen atoms in total. The number of carboxylic acids is 1. The molecule has 0 aliphatic rings. The summed E-state index contributed by atoms with van der Waals surface area (Å²) in [6, 6.07) is 12.1. The van der Waals surface area contributed by atoms with E-state index < -0.39 is 5.97 Å². The van der Waals surface area contributed by atoms with Crippen molar-refractivity contribution in [1.82, 2.24) is 5.32 Å². The largest absolute Gasteiger partial charge is 0.490 e. The van der Waals surface area contributed by atoms with Gasteiger partial charge in [-0.15, -0.1) is 0 Å². The Kier molecular flexibility index (Phi) is 7.67. The van der Waals surface area contributed by atoms with Crippen molar-refractivity contribution in [3.8, 4) is 11.5 Å². The summed E-state index contributed by atoms with van der Waals surface area (Å²) >= 11 is 0. The average Bonchev–Trinajstić information content (AvgIpc) is 2.64. The maximum Gasteiger partial charge on any atom is 0.335 e. The van der Waals surface area contributed by atoms with E-state index in [9.17, 15) is 9.59 Å². The summed E-state index contributed by atoms with van der Waals surface area (Å²) in [5.41, 5.74) is 2.03. The van der Waals surface area contributed by atoms with Gasteiger partial charge in [0.05, 0.1) is 25.2 Å². The number of ether oxygens (including phenoxy) is 2. The van der Waals surface area contributed by atoms with Gasteiger partial charge in [0.25, 0.3) is 0 Å². The van der Waals surface area contributed by atoms with E-state index in [-0.39, 0.29) is 17.9 Å².